The van der Waals surface area contributed by atoms with Crippen molar-refractivity contribution >= 4 is 22.9 Å². The van der Waals surface area contributed by atoms with Crippen molar-refractivity contribution in [3.05, 3.63) is 78.1 Å². The minimum absolute atomic E-state index is 0.210. The lowest BCUT2D eigenvalue weighted by molar-refractivity contribution is 0.102. The van der Waals surface area contributed by atoms with Crippen molar-refractivity contribution in [2.24, 2.45) is 0 Å². The summed E-state index contributed by atoms with van der Waals surface area (Å²) in [5.41, 5.74) is 6.23. The molecule has 29 heavy (non-hydrogen) atoms. The molecule has 1 aliphatic heterocycles. The number of fused-ring (bicyclic) bond motifs is 2. The molecule has 0 spiro atoms. The van der Waals surface area contributed by atoms with Crippen LogP contribution >= 0.6 is 0 Å². The molecular weight excluding hydrogens is 362 g/mol. The molecule has 0 unspecified atom stereocenters. The summed E-state index contributed by atoms with van der Waals surface area (Å²) in [4.78, 5) is 19.7. The van der Waals surface area contributed by atoms with E-state index < -0.39 is 0 Å². The highest BCUT2D eigenvalue weighted by molar-refractivity contribution is 6.08. The lowest BCUT2D eigenvalue weighted by Crippen LogP contribution is -2.19. The fourth-order valence-corrected chi connectivity index (χ4v) is 3.93. The lowest BCUT2D eigenvalue weighted by Gasteiger charge is -2.17. The SMILES string of the molecule is CCN1CCc2ccc(NC(=O)c3cnn4c(-c5ccccc5)ccnc34)cc21. The molecule has 0 aliphatic carbocycles. The fraction of sp³-hybridized carbons (Fsp3) is 0.174. The average molecular weight is 383 g/mol. The number of rotatable bonds is 4. The maximum atomic E-state index is 13.0. The van der Waals surface area contributed by atoms with Gasteiger partial charge in [-0.3, -0.25) is 4.79 Å². The number of aromatic nitrogens is 3. The summed E-state index contributed by atoms with van der Waals surface area (Å²) in [6.45, 7) is 4.14. The molecule has 6 heteroatoms. The first-order chi connectivity index (χ1) is 14.2. The molecule has 1 N–H and O–H groups in total. The van der Waals surface area contributed by atoms with Crippen LogP contribution in [0.3, 0.4) is 0 Å². The third kappa shape index (κ3) is 3.02. The van der Waals surface area contributed by atoms with Gasteiger partial charge in [-0.25, -0.2) is 9.50 Å². The third-order valence-electron chi connectivity index (χ3n) is 5.43. The van der Waals surface area contributed by atoms with Crippen LogP contribution in [0, 0.1) is 0 Å². The lowest BCUT2D eigenvalue weighted by atomic mass is 10.1. The molecular formula is C23H21N5O. The van der Waals surface area contributed by atoms with Crippen LogP contribution < -0.4 is 10.2 Å². The van der Waals surface area contributed by atoms with Gasteiger partial charge in [0.15, 0.2) is 5.65 Å². The molecule has 0 bridgehead atoms. The van der Waals surface area contributed by atoms with E-state index >= 15 is 0 Å². The van der Waals surface area contributed by atoms with E-state index in [2.05, 4.69) is 39.4 Å². The van der Waals surface area contributed by atoms with Crippen molar-refractivity contribution in [1.29, 1.82) is 0 Å². The topological polar surface area (TPSA) is 62.5 Å². The quantitative estimate of drug-likeness (QED) is 0.578. The third-order valence-corrected chi connectivity index (χ3v) is 5.43. The highest BCUT2D eigenvalue weighted by atomic mass is 16.1. The van der Waals surface area contributed by atoms with Crippen LogP contribution in [0.25, 0.3) is 16.9 Å². The number of amides is 1. The Hall–Kier alpha value is -3.67. The number of likely N-dealkylation sites (N-methyl/N-ethyl adjacent to an activating group) is 1. The molecule has 0 saturated carbocycles. The Morgan fingerprint density at radius 2 is 2.00 bits per heavy atom. The predicted octanol–water partition coefficient (Wildman–Crippen LogP) is 4.03. The normalized spacial score (nSPS) is 12.9. The molecule has 4 aromatic rings. The summed E-state index contributed by atoms with van der Waals surface area (Å²) in [5, 5.41) is 7.44. The van der Waals surface area contributed by atoms with Gasteiger partial charge in [0.05, 0.1) is 11.9 Å². The van der Waals surface area contributed by atoms with Crippen molar-refractivity contribution in [1.82, 2.24) is 14.6 Å². The Balaban J connectivity index is 1.47. The van der Waals surface area contributed by atoms with Gasteiger partial charge in [0.2, 0.25) is 0 Å². The second-order valence-electron chi connectivity index (χ2n) is 7.12. The molecule has 144 valence electrons. The van der Waals surface area contributed by atoms with Crippen LogP contribution in [0.2, 0.25) is 0 Å². The molecule has 0 saturated heterocycles. The zero-order valence-corrected chi connectivity index (χ0v) is 16.2. The fourth-order valence-electron chi connectivity index (χ4n) is 3.93. The van der Waals surface area contributed by atoms with Crippen LogP contribution in [-0.4, -0.2) is 33.6 Å². The molecule has 2 aromatic carbocycles. The minimum atomic E-state index is -0.210. The van der Waals surface area contributed by atoms with Crippen molar-refractivity contribution in [2.45, 2.75) is 13.3 Å². The molecule has 3 heterocycles. The maximum absolute atomic E-state index is 13.0. The van der Waals surface area contributed by atoms with Crippen LogP contribution in [-0.2, 0) is 6.42 Å². The largest absolute Gasteiger partial charge is 0.371 e. The monoisotopic (exact) mass is 383 g/mol. The van der Waals surface area contributed by atoms with E-state index in [-0.39, 0.29) is 5.91 Å². The van der Waals surface area contributed by atoms with Crippen LogP contribution in [0.5, 0.6) is 0 Å². The standard InChI is InChI=1S/C23H21N5O/c1-2-27-13-11-17-8-9-18(14-21(17)27)26-23(29)19-15-25-28-20(10-12-24-22(19)28)16-6-4-3-5-7-16/h3-10,12,14-15H,2,11,13H2,1H3,(H,26,29). The number of nitrogens with zero attached hydrogens (tertiary/aromatic N) is 4. The van der Waals surface area contributed by atoms with Crippen molar-refractivity contribution in [2.75, 3.05) is 23.3 Å². The Kier molecular flexibility index (Phi) is 4.24. The number of hydrogen-bond acceptors (Lipinski definition) is 4. The van der Waals surface area contributed by atoms with Gasteiger partial charge in [-0.05, 0) is 37.1 Å². The van der Waals surface area contributed by atoms with Crippen molar-refractivity contribution in [3.63, 3.8) is 0 Å². The molecule has 0 radical (unpaired) electrons. The second-order valence-corrected chi connectivity index (χ2v) is 7.12. The maximum Gasteiger partial charge on any atom is 0.261 e. The van der Waals surface area contributed by atoms with Crippen molar-refractivity contribution in [3.8, 4) is 11.3 Å². The molecule has 6 nitrogen and oxygen atoms in total. The first kappa shape index (κ1) is 17.4. The Morgan fingerprint density at radius 1 is 1.14 bits per heavy atom. The Morgan fingerprint density at radius 3 is 2.83 bits per heavy atom. The summed E-state index contributed by atoms with van der Waals surface area (Å²) < 4.78 is 1.71. The zero-order chi connectivity index (χ0) is 19.8. The smallest absolute Gasteiger partial charge is 0.261 e. The van der Waals surface area contributed by atoms with Gasteiger partial charge in [-0.1, -0.05) is 36.4 Å². The molecule has 0 atom stereocenters. The van der Waals surface area contributed by atoms with E-state index in [1.807, 2.05) is 42.5 Å². The van der Waals surface area contributed by atoms with E-state index in [4.69, 9.17) is 0 Å². The summed E-state index contributed by atoms with van der Waals surface area (Å²) in [5.74, 6) is -0.210. The number of carbonyl (C=O) groups is 1. The van der Waals surface area contributed by atoms with E-state index in [0.717, 1.165) is 36.5 Å². The molecule has 1 aliphatic rings. The highest BCUT2D eigenvalue weighted by Gasteiger charge is 2.20. The predicted molar refractivity (Wildman–Crippen MR) is 114 cm³/mol. The van der Waals surface area contributed by atoms with Gasteiger partial charge < -0.3 is 10.2 Å². The average Bonchev–Trinajstić information content (AvgIpc) is 3.38. The van der Waals surface area contributed by atoms with Gasteiger partial charge in [0.1, 0.15) is 5.56 Å². The molecule has 1 amide bonds. The Bertz CT molecular complexity index is 1200. The highest BCUT2D eigenvalue weighted by Crippen LogP contribution is 2.31. The number of anilines is 2. The minimum Gasteiger partial charge on any atom is -0.371 e. The first-order valence-electron chi connectivity index (χ1n) is 9.82. The number of benzene rings is 2. The van der Waals surface area contributed by atoms with Gasteiger partial charge in [0.25, 0.3) is 5.91 Å². The van der Waals surface area contributed by atoms with Crippen LogP contribution in [0.1, 0.15) is 22.8 Å². The van der Waals surface area contributed by atoms with Gasteiger partial charge in [-0.2, -0.15) is 5.10 Å². The molecule has 5 rings (SSSR count). The summed E-state index contributed by atoms with van der Waals surface area (Å²) >= 11 is 0. The number of nitrogens with one attached hydrogen (secondary N) is 1. The van der Waals surface area contributed by atoms with Gasteiger partial charge in [0, 0.05) is 36.2 Å². The molecule has 2 aromatic heterocycles. The van der Waals surface area contributed by atoms with Crippen LogP contribution in [0.4, 0.5) is 11.4 Å². The summed E-state index contributed by atoms with van der Waals surface area (Å²) in [6, 6.07) is 18.0. The van der Waals surface area contributed by atoms with E-state index in [1.165, 1.54) is 11.3 Å². The summed E-state index contributed by atoms with van der Waals surface area (Å²) in [6.07, 6.45) is 4.35. The van der Waals surface area contributed by atoms with E-state index in [1.54, 1.807) is 16.9 Å². The van der Waals surface area contributed by atoms with Gasteiger partial charge >= 0.3 is 0 Å². The number of carbonyl (C=O) groups excluding carboxylic acids is 1. The van der Waals surface area contributed by atoms with E-state index in [0.29, 0.717) is 11.2 Å². The second kappa shape index (κ2) is 7.05. The van der Waals surface area contributed by atoms with Crippen LogP contribution in [0.15, 0.2) is 67.0 Å². The first-order valence-corrected chi connectivity index (χ1v) is 9.82. The zero-order valence-electron chi connectivity index (χ0n) is 16.2. The van der Waals surface area contributed by atoms with Gasteiger partial charge in [-0.15, -0.1) is 0 Å². The number of hydrogen-bond donors (Lipinski definition) is 1. The molecule has 0 fully saturated rings. The van der Waals surface area contributed by atoms with Crippen molar-refractivity contribution < 1.29 is 4.79 Å². The van der Waals surface area contributed by atoms with E-state index in [9.17, 15) is 4.79 Å². The summed E-state index contributed by atoms with van der Waals surface area (Å²) in [7, 11) is 0. The Labute approximate surface area is 168 Å².